The first kappa shape index (κ1) is 24.2. The van der Waals surface area contributed by atoms with Crippen LogP contribution in [0.15, 0.2) is 46.6 Å². The maximum Gasteiger partial charge on any atom is 0.271 e. The van der Waals surface area contributed by atoms with E-state index in [2.05, 4.69) is 6.58 Å². The lowest BCUT2D eigenvalue weighted by molar-refractivity contribution is -0.122. The zero-order chi connectivity index (χ0) is 24.3. The third-order valence-corrected chi connectivity index (χ3v) is 6.58. The highest BCUT2D eigenvalue weighted by atomic mass is 32.2. The average molecular weight is 480 g/mol. The average Bonchev–Trinajstić information content (AvgIpc) is 3.04. The summed E-state index contributed by atoms with van der Waals surface area (Å²) in [4.78, 5) is 40.0. The lowest BCUT2D eigenvalue weighted by atomic mass is 10.00. The van der Waals surface area contributed by atoms with Gasteiger partial charge in [0.1, 0.15) is 16.0 Å². The summed E-state index contributed by atoms with van der Waals surface area (Å²) in [5, 5.41) is 19.9. The summed E-state index contributed by atoms with van der Waals surface area (Å²) in [5.41, 5.74) is 1.05. The van der Waals surface area contributed by atoms with Crippen LogP contribution in [-0.2, 0) is 11.3 Å². The van der Waals surface area contributed by atoms with E-state index in [1.54, 1.807) is 12.1 Å². The van der Waals surface area contributed by atoms with E-state index in [1.807, 2.05) is 31.2 Å². The van der Waals surface area contributed by atoms with Crippen LogP contribution < -0.4 is 5.56 Å². The van der Waals surface area contributed by atoms with Gasteiger partial charge < -0.3 is 5.11 Å². The highest BCUT2D eigenvalue weighted by Gasteiger charge is 2.33. The fraction of sp³-hybridized carbons (Fsp3) is 0.208. The van der Waals surface area contributed by atoms with Crippen molar-refractivity contribution < 1.29 is 14.7 Å². The van der Waals surface area contributed by atoms with E-state index in [4.69, 9.17) is 12.2 Å². The molecule has 1 aliphatic heterocycles. The van der Waals surface area contributed by atoms with Crippen molar-refractivity contribution >= 4 is 46.1 Å². The Morgan fingerprint density at radius 1 is 1.27 bits per heavy atom. The molecule has 3 rings (SSSR count). The van der Waals surface area contributed by atoms with Crippen molar-refractivity contribution in [2.24, 2.45) is 0 Å². The Labute approximate surface area is 200 Å². The van der Waals surface area contributed by atoms with Crippen molar-refractivity contribution in [2.75, 3.05) is 6.54 Å². The number of aryl methyl sites for hydroxylation is 1. The summed E-state index contributed by atoms with van der Waals surface area (Å²) in [5.74, 6) is -1.32. The second kappa shape index (κ2) is 9.98. The number of pyridine rings is 1. The molecule has 2 aromatic rings. The monoisotopic (exact) mass is 479 g/mol. The van der Waals surface area contributed by atoms with E-state index in [0.29, 0.717) is 9.23 Å². The number of allylic oxidation sites excluding steroid dienone is 1. The predicted octanol–water partition coefficient (Wildman–Crippen LogP) is 3.70. The number of Topliss-reactive ketones (excluding diaryl/α,β-unsaturated/α-hetero) is 1. The first-order valence-corrected chi connectivity index (χ1v) is 11.2. The second-order valence-corrected chi connectivity index (χ2v) is 9.11. The van der Waals surface area contributed by atoms with Crippen LogP contribution in [0, 0.1) is 25.2 Å². The van der Waals surface area contributed by atoms with E-state index < -0.39 is 17.2 Å². The number of thiocarbonyl (C=S) groups is 1. The lowest BCUT2D eigenvalue weighted by Crippen LogP contribution is -2.31. The van der Waals surface area contributed by atoms with Gasteiger partial charge in [-0.25, -0.2) is 0 Å². The van der Waals surface area contributed by atoms with E-state index >= 15 is 0 Å². The number of aromatic hydroxyl groups is 1. The lowest BCUT2D eigenvalue weighted by Gasteiger charge is -2.17. The minimum Gasteiger partial charge on any atom is -0.494 e. The Balaban J connectivity index is 1.83. The zero-order valence-corrected chi connectivity index (χ0v) is 19.8. The molecule has 1 aliphatic rings. The molecule has 0 radical (unpaired) electrons. The van der Waals surface area contributed by atoms with E-state index in [-0.39, 0.29) is 42.1 Å². The Morgan fingerprint density at radius 3 is 2.55 bits per heavy atom. The van der Waals surface area contributed by atoms with Gasteiger partial charge in [-0.05, 0) is 31.1 Å². The minimum atomic E-state index is -0.692. The molecule has 1 fully saturated rings. The Kier molecular flexibility index (Phi) is 7.31. The molecule has 1 aromatic heterocycles. The molecule has 9 heteroatoms. The molecule has 1 aromatic carbocycles. The van der Waals surface area contributed by atoms with Gasteiger partial charge in [-0.2, -0.15) is 5.26 Å². The van der Waals surface area contributed by atoms with E-state index in [1.165, 1.54) is 17.9 Å². The third-order valence-electron chi connectivity index (χ3n) is 5.20. The molecule has 0 spiro atoms. The number of ketones is 1. The van der Waals surface area contributed by atoms with Crippen molar-refractivity contribution in [1.29, 1.82) is 5.26 Å². The standard InChI is InChI=1S/C24H21N3O4S2/c1-4-10-26-21(29)17(13-25)15(3)20(23(26)31)18(28)9-11-27-22(30)19(33-24(27)32)12-16-7-5-14(2)6-8-16/h4-8,12,31H,1,9-11H2,2-3H3/b19-12-. The van der Waals surface area contributed by atoms with Crippen LogP contribution in [0.3, 0.4) is 0 Å². The molecule has 1 amide bonds. The number of amides is 1. The quantitative estimate of drug-likeness (QED) is 0.279. The van der Waals surface area contributed by atoms with Crippen LogP contribution in [0.2, 0.25) is 0 Å². The van der Waals surface area contributed by atoms with Crippen LogP contribution >= 0.6 is 24.0 Å². The van der Waals surface area contributed by atoms with Gasteiger partial charge in [-0.1, -0.05) is 59.9 Å². The maximum absolute atomic E-state index is 13.0. The van der Waals surface area contributed by atoms with Crippen molar-refractivity contribution in [3.8, 4) is 11.9 Å². The number of thioether (sulfide) groups is 1. The Morgan fingerprint density at radius 2 is 1.94 bits per heavy atom. The van der Waals surface area contributed by atoms with Gasteiger partial charge >= 0.3 is 0 Å². The molecule has 0 atom stereocenters. The van der Waals surface area contributed by atoms with Crippen molar-refractivity contribution in [1.82, 2.24) is 9.47 Å². The number of hydrogen-bond donors (Lipinski definition) is 1. The largest absolute Gasteiger partial charge is 0.494 e. The van der Waals surface area contributed by atoms with E-state index in [0.717, 1.165) is 27.5 Å². The number of nitrogens with zero attached hydrogens (tertiary/aromatic N) is 3. The normalized spacial score (nSPS) is 14.6. The maximum atomic E-state index is 13.0. The smallest absolute Gasteiger partial charge is 0.271 e. The first-order chi connectivity index (χ1) is 15.7. The number of carbonyl (C=O) groups is 2. The number of carbonyl (C=O) groups excluding carboxylic acids is 2. The third kappa shape index (κ3) is 4.82. The van der Waals surface area contributed by atoms with Crippen LogP contribution in [0.5, 0.6) is 5.88 Å². The molecule has 0 bridgehead atoms. The summed E-state index contributed by atoms with van der Waals surface area (Å²) in [6, 6.07) is 9.50. The van der Waals surface area contributed by atoms with Gasteiger partial charge in [0.05, 0.1) is 10.5 Å². The fourth-order valence-corrected chi connectivity index (χ4v) is 4.74. The van der Waals surface area contributed by atoms with Crippen LogP contribution in [0.25, 0.3) is 6.08 Å². The van der Waals surface area contributed by atoms with Gasteiger partial charge in [0.25, 0.3) is 11.5 Å². The molecule has 7 nitrogen and oxygen atoms in total. The number of nitriles is 1. The molecular weight excluding hydrogens is 458 g/mol. The fourth-order valence-electron chi connectivity index (χ4n) is 3.43. The minimum absolute atomic E-state index is 0.0100. The van der Waals surface area contributed by atoms with Crippen molar-refractivity contribution in [2.45, 2.75) is 26.8 Å². The molecule has 0 saturated carbocycles. The van der Waals surface area contributed by atoms with Gasteiger partial charge in [0, 0.05) is 19.5 Å². The summed E-state index contributed by atoms with van der Waals surface area (Å²) >= 11 is 6.49. The number of rotatable bonds is 7. The molecule has 168 valence electrons. The van der Waals surface area contributed by atoms with Gasteiger partial charge in [-0.3, -0.25) is 23.9 Å². The molecule has 0 unspecified atom stereocenters. The molecular formula is C24H21N3O4S2. The zero-order valence-electron chi connectivity index (χ0n) is 18.1. The number of benzene rings is 1. The highest BCUT2D eigenvalue weighted by Crippen LogP contribution is 2.33. The summed E-state index contributed by atoms with van der Waals surface area (Å²) < 4.78 is 1.26. The van der Waals surface area contributed by atoms with Gasteiger partial charge in [0.15, 0.2) is 5.78 Å². The molecule has 33 heavy (non-hydrogen) atoms. The SMILES string of the molecule is C=CCn1c(O)c(C(=O)CCN2C(=O)/C(=C/c3ccc(C)cc3)SC2=S)c(C)c(C#N)c1=O. The van der Waals surface area contributed by atoms with Gasteiger partial charge in [-0.15, -0.1) is 6.58 Å². The first-order valence-electron chi connectivity index (χ1n) is 10.0. The van der Waals surface area contributed by atoms with Crippen molar-refractivity contribution in [3.63, 3.8) is 0 Å². The number of aromatic nitrogens is 1. The Bertz CT molecular complexity index is 1300. The number of hydrogen-bond acceptors (Lipinski definition) is 7. The van der Waals surface area contributed by atoms with Crippen LogP contribution in [0.1, 0.15) is 39.0 Å². The van der Waals surface area contributed by atoms with Gasteiger partial charge in [0.2, 0.25) is 5.88 Å². The summed E-state index contributed by atoms with van der Waals surface area (Å²) in [6.07, 6.45) is 2.99. The summed E-state index contributed by atoms with van der Waals surface area (Å²) in [7, 11) is 0. The van der Waals surface area contributed by atoms with E-state index in [9.17, 15) is 24.8 Å². The highest BCUT2D eigenvalue weighted by molar-refractivity contribution is 8.26. The van der Waals surface area contributed by atoms with Crippen molar-refractivity contribution in [3.05, 3.63) is 80.0 Å². The molecule has 2 heterocycles. The second-order valence-electron chi connectivity index (χ2n) is 7.43. The summed E-state index contributed by atoms with van der Waals surface area (Å²) in [6.45, 7) is 6.90. The topological polar surface area (TPSA) is 103 Å². The Hall–Kier alpha value is -3.48. The molecule has 1 N–H and O–H groups in total. The molecule has 1 saturated heterocycles. The molecule has 0 aliphatic carbocycles. The van der Waals surface area contributed by atoms with Crippen LogP contribution in [-0.4, -0.2) is 37.1 Å². The van der Waals surface area contributed by atoms with Crippen LogP contribution in [0.4, 0.5) is 0 Å². The predicted molar refractivity (Wildman–Crippen MR) is 132 cm³/mol.